The molecule has 0 aliphatic carbocycles. The molecule has 4 nitrogen and oxygen atoms in total. The second-order valence-corrected chi connectivity index (χ2v) is 4.39. The van der Waals surface area contributed by atoms with Gasteiger partial charge in [0.2, 0.25) is 5.95 Å². The second kappa shape index (κ2) is 6.50. The number of aromatic nitrogens is 2. The third kappa shape index (κ3) is 3.78. The fourth-order valence-electron chi connectivity index (χ4n) is 1.84. The summed E-state index contributed by atoms with van der Waals surface area (Å²) >= 11 is 0. The summed E-state index contributed by atoms with van der Waals surface area (Å²) in [7, 11) is 0. The molecule has 2 aromatic rings. The Morgan fingerprint density at radius 1 is 1.21 bits per heavy atom. The van der Waals surface area contributed by atoms with Crippen LogP contribution in [0.1, 0.15) is 30.0 Å². The molecule has 0 amide bonds. The topological polar surface area (TPSA) is 61.6 Å². The van der Waals surface area contributed by atoms with E-state index in [0.29, 0.717) is 12.4 Å². The SMILES string of the molecule is Cc1cnc(NC(CCC#N)c2ccccc2)nc1. The lowest BCUT2D eigenvalue weighted by Crippen LogP contribution is -2.12. The van der Waals surface area contributed by atoms with Gasteiger partial charge in [-0.25, -0.2) is 9.97 Å². The van der Waals surface area contributed by atoms with Crippen molar-refractivity contribution in [2.75, 3.05) is 5.32 Å². The van der Waals surface area contributed by atoms with Gasteiger partial charge < -0.3 is 5.32 Å². The summed E-state index contributed by atoms with van der Waals surface area (Å²) in [5, 5.41) is 12.0. The van der Waals surface area contributed by atoms with Crippen LogP contribution in [0.5, 0.6) is 0 Å². The standard InChI is InChI=1S/C15H16N4/c1-12-10-17-15(18-11-12)19-14(8-5-9-16)13-6-3-2-4-7-13/h2-4,6-7,10-11,14H,5,8H2,1H3,(H,17,18,19). The van der Waals surface area contributed by atoms with Crippen LogP contribution >= 0.6 is 0 Å². The van der Waals surface area contributed by atoms with Gasteiger partial charge in [0, 0.05) is 18.8 Å². The smallest absolute Gasteiger partial charge is 0.223 e. The summed E-state index contributed by atoms with van der Waals surface area (Å²) in [4.78, 5) is 8.49. The van der Waals surface area contributed by atoms with E-state index >= 15 is 0 Å². The Morgan fingerprint density at radius 2 is 1.89 bits per heavy atom. The maximum atomic E-state index is 8.76. The highest BCUT2D eigenvalue weighted by Crippen LogP contribution is 2.21. The average Bonchev–Trinajstić information content (AvgIpc) is 2.46. The Morgan fingerprint density at radius 3 is 2.53 bits per heavy atom. The van der Waals surface area contributed by atoms with E-state index in [-0.39, 0.29) is 6.04 Å². The summed E-state index contributed by atoms with van der Waals surface area (Å²) < 4.78 is 0. The van der Waals surface area contributed by atoms with Crippen LogP contribution in [0.25, 0.3) is 0 Å². The van der Waals surface area contributed by atoms with Crippen molar-refractivity contribution >= 4 is 5.95 Å². The lowest BCUT2D eigenvalue weighted by atomic mass is 10.0. The summed E-state index contributed by atoms with van der Waals surface area (Å²) in [5.41, 5.74) is 2.17. The van der Waals surface area contributed by atoms with E-state index < -0.39 is 0 Å². The normalized spacial score (nSPS) is 11.6. The molecule has 0 fully saturated rings. The van der Waals surface area contributed by atoms with Crippen LogP contribution in [0.15, 0.2) is 42.7 Å². The van der Waals surface area contributed by atoms with Crippen molar-refractivity contribution < 1.29 is 0 Å². The van der Waals surface area contributed by atoms with Crippen molar-refractivity contribution in [1.82, 2.24) is 9.97 Å². The van der Waals surface area contributed by atoms with Gasteiger partial charge >= 0.3 is 0 Å². The molecule has 0 bridgehead atoms. The molecule has 0 radical (unpaired) electrons. The first-order valence-corrected chi connectivity index (χ1v) is 6.26. The molecular formula is C15H16N4. The minimum absolute atomic E-state index is 0.0588. The Hall–Kier alpha value is -2.41. The number of hydrogen-bond donors (Lipinski definition) is 1. The van der Waals surface area contributed by atoms with Crippen LogP contribution in [-0.4, -0.2) is 9.97 Å². The highest BCUT2D eigenvalue weighted by molar-refractivity contribution is 5.32. The molecule has 0 saturated carbocycles. The first kappa shape index (κ1) is 13.0. The lowest BCUT2D eigenvalue weighted by Gasteiger charge is -2.17. The minimum Gasteiger partial charge on any atom is -0.347 e. The van der Waals surface area contributed by atoms with Gasteiger partial charge in [-0.2, -0.15) is 5.26 Å². The molecule has 2 rings (SSSR count). The Bertz CT molecular complexity index is 543. The highest BCUT2D eigenvalue weighted by atomic mass is 15.1. The van der Waals surface area contributed by atoms with Gasteiger partial charge in [0.1, 0.15) is 0 Å². The van der Waals surface area contributed by atoms with E-state index in [2.05, 4.69) is 21.4 Å². The summed E-state index contributed by atoms with van der Waals surface area (Å²) in [6.07, 6.45) is 4.79. The lowest BCUT2D eigenvalue weighted by molar-refractivity contribution is 0.701. The molecule has 0 aliphatic rings. The van der Waals surface area contributed by atoms with E-state index in [4.69, 9.17) is 5.26 Å². The molecule has 0 saturated heterocycles. The first-order chi connectivity index (χ1) is 9.29. The third-order valence-electron chi connectivity index (χ3n) is 2.83. The number of benzene rings is 1. The molecule has 1 heterocycles. The van der Waals surface area contributed by atoms with E-state index in [9.17, 15) is 0 Å². The molecular weight excluding hydrogens is 236 g/mol. The van der Waals surface area contributed by atoms with Crippen molar-refractivity contribution in [3.05, 3.63) is 53.9 Å². The van der Waals surface area contributed by atoms with Crippen molar-refractivity contribution in [2.24, 2.45) is 0 Å². The zero-order valence-electron chi connectivity index (χ0n) is 10.9. The van der Waals surface area contributed by atoms with Crippen LogP contribution in [0, 0.1) is 18.3 Å². The van der Waals surface area contributed by atoms with Crippen molar-refractivity contribution in [3.63, 3.8) is 0 Å². The maximum absolute atomic E-state index is 8.76. The number of nitrogens with zero attached hydrogens (tertiary/aromatic N) is 3. The molecule has 4 heteroatoms. The minimum atomic E-state index is 0.0588. The van der Waals surface area contributed by atoms with Gasteiger partial charge in [0.15, 0.2) is 0 Å². The molecule has 96 valence electrons. The molecule has 1 aromatic heterocycles. The Labute approximate surface area is 113 Å². The molecule has 1 aromatic carbocycles. The number of nitriles is 1. The third-order valence-corrected chi connectivity index (χ3v) is 2.83. The monoisotopic (exact) mass is 252 g/mol. The van der Waals surface area contributed by atoms with Crippen LogP contribution in [-0.2, 0) is 0 Å². The van der Waals surface area contributed by atoms with E-state index in [0.717, 1.165) is 17.5 Å². The quantitative estimate of drug-likeness (QED) is 0.887. The largest absolute Gasteiger partial charge is 0.347 e. The van der Waals surface area contributed by atoms with Gasteiger partial charge in [0.05, 0.1) is 12.1 Å². The predicted octanol–water partition coefficient (Wildman–Crippen LogP) is 3.24. The zero-order valence-corrected chi connectivity index (χ0v) is 10.9. The number of aryl methyl sites for hydroxylation is 1. The molecule has 1 atom stereocenters. The predicted molar refractivity (Wildman–Crippen MR) is 74.4 cm³/mol. The summed E-state index contributed by atoms with van der Waals surface area (Å²) in [6.45, 7) is 1.95. The first-order valence-electron chi connectivity index (χ1n) is 6.26. The number of anilines is 1. The Kier molecular flexibility index (Phi) is 4.46. The molecule has 0 spiro atoms. The van der Waals surface area contributed by atoms with Gasteiger partial charge in [-0.1, -0.05) is 30.3 Å². The molecule has 1 unspecified atom stereocenters. The van der Waals surface area contributed by atoms with Crippen LogP contribution in [0.4, 0.5) is 5.95 Å². The van der Waals surface area contributed by atoms with Gasteiger partial charge in [-0.3, -0.25) is 0 Å². The maximum Gasteiger partial charge on any atom is 0.223 e. The fourth-order valence-corrected chi connectivity index (χ4v) is 1.84. The zero-order chi connectivity index (χ0) is 13.5. The van der Waals surface area contributed by atoms with E-state index in [1.165, 1.54) is 0 Å². The van der Waals surface area contributed by atoms with Crippen molar-refractivity contribution in [2.45, 2.75) is 25.8 Å². The fraction of sp³-hybridized carbons (Fsp3) is 0.267. The number of hydrogen-bond acceptors (Lipinski definition) is 4. The summed E-state index contributed by atoms with van der Waals surface area (Å²) in [5.74, 6) is 0.595. The average molecular weight is 252 g/mol. The van der Waals surface area contributed by atoms with Crippen molar-refractivity contribution in [1.29, 1.82) is 5.26 Å². The van der Waals surface area contributed by atoms with E-state index in [1.807, 2.05) is 37.3 Å². The van der Waals surface area contributed by atoms with Crippen LogP contribution in [0.3, 0.4) is 0 Å². The number of rotatable bonds is 5. The van der Waals surface area contributed by atoms with E-state index in [1.54, 1.807) is 12.4 Å². The number of nitrogens with one attached hydrogen (secondary N) is 1. The van der Waals surface area contributed by atoms with Gasteiger partial charge in [-0.05, 0) is 24.5 Å². The van der Waals surface area contributed by atoms with Crippen molar-refractivity contribution in [3.8, 4) is 6.07 Å². The highest BCUT2D eigenvalue weighted by Gasteiger charge is 2.11. The van der Waals surface area contributed by atoms with Gasteiger partial charge in [0.25, 0.3) is 0 Å². The van der Waals surface area contributed by atoms with Gasteiger partial charge in [-0.15, -0.1) is 0 Å². The van der Waals surface area contributed by atoms with Crippen LogP contribution in [0.2, 0.25) is 0 Å². The Balaban J connectivity index is 2.14. The molecule has 0 aliphatic heterocycles. The molecule has 1 N–H and O–H groups in total. The van der Waals surface area contributed by atoms with Crippen LogP contribution < -0.4 is 5.32 Å². The second-order valence-electron chi connectivity index (χ2n) is 4.39. The molecule has 19 heavy (non-hydrogen) atoms. The summed E-state index contributed by atoms with van der Waals surface area (Å²) in [6, 6.07) is 12.3.